The molecule has 1 aromatic carbocycles. The summed E-state index contributed by atoms with van der Waals surface area (Å²) in [5.74, 6) is 1.46. The van der Waals surface area contributed by atoms with Gasteiger partial charge in [0.1, 0.15) is 11.5 Å². The fourth-order valence-electron chi connectivity index (χ4n) is 2.74. The molecular formula is C17H18N2O3. The Morgan fingerprint density at radius 3 is 2.45 bits per heavy atom. The van der Waals surface area contributed by atoms with E-state index in [2.05, 4.69) is 5.10 Å². The van der Waals surface area contributed by atoms with Crippen LogP contribution < -0.4 is 9.47 Å². The quantitative estimate of drug-likeness (QED) is 0.817. The molecule has 22 heavy (non-hydrogen) atoms. The van der Waals surface area contributed by atoms with Gasteiger partial charge in [0.25, 0.3) is 0 Å². The molecular weight excluding hydrogens is 280 g/mol. The van der Waals surface area contributed by atoms with Crippen LogP contribution in [0, 0.1) is 0 Å². The topological polar surface area (TPSA) is 53.4 Å². The zero-order valence-electron chi connectivity index (χ0n) is 12.9. The lowest BCUT2D eigenvalue weighted by atomic mass is 9.90. The number of hydrogen-bond donors (Lipinski definition) is 0. The first-order valence-corrected chi connectivity index (χ1v) is 7.11. The van der Waals surface area contributed by atoms with Gasteiger partial charge >= 0.3 is 0 Å². The van der Waals surface area contributed by atoms with Crippen molar-refractivity contribution in [1.82, 2.24) is 9.78 Å². The second-order valence-corrected chi connectivity index (χ2v) is 5.27. The van der Waals surface area contributed by atoms with E-state index in [-0.39, 0.29) is 5.78 Å². The highest BCUT2D eigenvalue weighted by Gasteiger charge is 2.24. The molecule has 1 aliphatic carbocycles. The van der Waals surface area contributed by atoms with E-state index in [1.165, 1.54) is 0 Å². The number of rotatable bonds is 3. The Morgan fingerprint density at radius 2 is 1.82 bits per heavy atom. The van der Waals surface area contributed by atoms with E-state index in [0.29, 0.717) is 23.5 Å². The van der Waals surface area contributed by atoms with Gasteiger partial charge in [-0.15, -0.1) is 0 Å². The van der Waals surface area contributed by atoms with Crippen molar-refractivity contribution in [3.8, 4) is 11.5 Å². The molecule has 5 heteroatoms. The maximum Gasteiger partial charge on any atom is 0.192 e. The highest BCUT2D eigenvalue weighted by Crippen LogP contribution is 2.29. The SMILES string of the molecule is COc1cc(/C=C2/CCc3c(cnn3C)C2=O)cc(OC)c1. The van der Waals surface area contributed by atoms with Crippen molar-refractivity contribution in [2.24, 2.45) is 7.05 Å². The normalized spacial score (nSPS) is 15.8. The molecule has 1 aliphatic rings. The Bertz CT molecular complexity index is 737. The predicted molar refractivity (Wildman–Crippen MR) is 83.4 cm³/mol. The molecule has 1 aromatic heterocycles. The van der Waals surface area contributed by atoms with Gasteiger partial charge in [-0.1, -0.05) is 0 Å². The minimum absolute atomic E-state index is 0.0520. The van der Waals surface area contributed by atoms with Crippen LogP contribution in [-0.2, 0) is 13.5 Å². The first-order chi connectivity index (χ1) is 10.6. The maximum atomic E-state index is 12.6. The Labute approximate surface area is 129 Å². The lowest BCUT2D eigenvalue weighted by Gasteiger charge is -2.15. The van der Waals surface area contributed by atoms with Crippen LogP contribution in [0.5, 0.6) is 11.5 Å². The van der Waals surface area contributed by atoms with Crippen molar-refractivity contribution in [1.29, 1.82) is 0 Å². The molecule has 0 unspecified atom stereocenters. The molecule has 1 heterocycles. The summed E-state index contributed by atoms with van der Waals surface area (Å²) in [6.45, 7) is 0. The maximum absolute atomic E-state index is 12.6. The smallest absolute Gasteiger partial charge is 0.192 e. The lowest BCUT2D eigenvalue weighted by Crippen LogP contribution is -2.14. The third-order valence-electron chi connectivity index (χ3n) is 3.94. The zero-order valence-corrected chi connectivity index (χ0v) is 12.9. The van der Waals surface area contributed by atoms with Gasteiger partial charge in [0.2, 0.25) is 0 Å². The summed E-state index contributed by atoms with van der Waals surface area (Å²) in [5.41, 5.74) is 3.39. The van der Waals surface area contributed by atoms with Crippen LogP contribution in [0.25, 0.3) is 6.08 Å². The monoisotopic (exact) mass is 298 g/mol. The number of ether oxygens (including phenoxy) is 2. The van der Waals surface area contributed by atoms with Crippen LogP contribution in [0.3, 0.4) is 0 Å². The average Bonchev–Trinajstić information content (AvgIpc) is 2.91. The van der Waals surface area contributed by atoms with Crippen molar-refractivity contribution in [2.45, 2.75) is 12.8 Å². The molecule has 0 saturated carbocycles. The molecule has 0 bridgehead atoms. The Morgan fingerprint density at radius 1 is 1.14 bits per heavy atom. The van der Waals surface area contributed by atoms with Gasteiger partial charge in [0.15, 0.2) is 5.78 Å². The number of carbonyl (C=O) groups excluding carboxylic acids is 1. The van der Waals surface area contributed by atoms with Crippen LogP contribution in [0.4, 0.5) is 0 Å². The summed E-state index contributed by atoms with van der Waals surface area (Å²) in [6, 6.07) is 5.59. The summed E-state index contributed by atoms with van der Waals surface area (Å²) in [7, 11) is 5.09. The Balaban J connectivity index is 1.98. The molecule has 0 saturated heterocycles. The molecule has 0 N–H and O–H groups in total. The molecule has 3 rings (SSSR count). The first kappa shape index (κ1) is 14.4. The van der Waals surface area contributed by atoms with Crippen LogP contribution in [-0.4, -0.2) is 29.8 Å². The van der Waals surface area contributed by atoms with E-state index >= 15 is 0 Å². The standard InChI is InChI=1S/C17H18N2O3/c1-19-16-5-4-12(17(20)15(16)10-18-19)6-11-7-13(21-2)9-14(8-11)22-3/h6-10H,4-5H2,1-3H3/b12-6-. The number of allylic oxidation sites excluding steroid dienone is 1. The Hall–Kier alpha value is -2.56. The van der Waals surface area contributed by atoms with E-state index in [0.717, 1.165) is 23.3 Å². The average molecular weight is 298 g/mol. The van der Waals surface area contributed by atoms with Crippen LogP contribution in [0.1, 0.15) is 28.0 Å². The second kappa shape index (κ2) is 5.67. The first-order valence-electron chi connectivity index (χ1n) is 7.11. The number of aromatic nitrogens is 2. The number of fused-ring (bicyclic) bond motifs is 1. The van der Waals surface area contributed by atoms with Gasteiger partial charge in [-0.3, -0.25) is 9.48 Å². The molecule has 0 aliphatic heterocycles. The molecule has 2 aromatic rings. The van der Waals surface area contributed by atoms with E-state index in [1.807, 2.05) is 31.3 Å². The molecule has 0 radical (unpaired) electrons. The number of methoxy groups -OCH3 is 2. The van der Waals surface area contributed by atoms with Crippen molar-refractivity contribution < 1.29 is 14.3 Å². The summed E-state index contributed by atoms with van der Waals surface area (Å²) >= 11 is 0. The molecule has 5 nitrogen and oxygen atoms in total. The zero-order chi connectivity index (χ0) is 15.7. The Kier molecular flexibility index (Phi) is 3.71. The molecule has 114 valence electrons. The van der Waals surface area contributed by atoms with Gasteiger partial charge in [0, 0.05) is 24.4 Å². The van der Waals surface area contributed by atoms with Gasteiger partial charge in [-0.05, 0) is 36.6 Å². The molecule has 0 spiro atoms. The minimum Gasteiger partial charge on any atom is -0.497 e. The molecule has 0 fully saturated rings. The number of hydrogen-bond acceptors (Lipinski definition) is 4. The third-order valence-corrected chi connectivity index (χ3v) is 3.94. The highest BCUT2D eigenvalue weighted by atomic mass is 16.5. The number of aryl methyl sites for hydroxylation is 1. The summed E-state index contributed by atoms with van der Waals surface area (Å²) in [6.07, 6.45) is 5.09. The van der Waals surface area contributed by atoms with Crippen molar-refractivity contribution in [3.05, 3.63) is 46.8 Å². The van der Waals surface area contributed by atoms with Crippen LogP contribution in [0.15, 0.2) is 30.0 Å². The number of benzene rings is 1. The van der Waals surface area contributed by atoms with Crippen LogP contribution >= 0.6 is 0 Å². The summed E-state index contributed by atoms with van der Waals surface area (Å²) in [4.78, 5) is 12.6. The summed E-state index contributed by atoms with van der Waals surface area (Å²) < 4.78 is 12.3. The van der Waals surface area contributed by atoms with Gasteiger partial charge in [0.05, 0.1) is 26.0 Å². The fourth-order valence-corrected chi connectivity index (χ4v) is 2.74. The van der Waals surface area contributed by atoms with E-state index in [9.17, 15) is 4.79 Å². The fraction of sp³-hybridized carbons (Fsp3) is 0.294. The van der Waals surface area contributed by atoms with E-state index < -0.39 is 0 Å². The number of nitrogens with zero attached hydrogens (tertiary/aromatic N) is 2. The predicted octanol–water partition coefficient (Wildman–Crippen LogP) is 2.65. The van der Waals surface area contributed by atoms with Gasteiger partial charge in [-0.2, -0.15) is 5.10 Å². The van der Waals surface area contributed by atoms with Crippen molar-refractivity contribution in [3.63, 3.8) is 0 Å². The highest BCUT2D eigenvalue weighted by molar-refractivity contribution is 6.12. The van der Waals surface area contributed by atoms with E-state index in [1.54, 1.807) is 25.1 Å². The number of Topliss-reactive ketones (excluding diaryl/α,β-unsaturated/α-hetero) is 1. The lowest BCUT2D eigenvalue weighted by molar-refractivity contribution is 0.102. The number of carbonyl (C=O) groups is 1. The van der Waals surface area contributed by atoms with Crippen molar-refractivity contribution in [2.75, 3.05) is 14.2 Å². The summed E-state index contributed by atoms with van der Waals surface area (Å²) in [5, 5.41) is 4.17. The second-order valence-electron chi connectivity index (χ2n) is 5.27. The third kappa shape index (κ3) is 2.50. The minimum atomic E-state index is 0.0520. The largest absolute Gasteiger partial charge is 0.497 e. The molecule has 0 amide bonds. The van der Waals surface area contributed by atoms with E-state index in [4.69, 9.17) is 9.47 Å². The van der Waals surface area contributed by atoms with Gasteiger partial charge < -0.3 is 9.47 Å². The van der Waals surface area contributed by atoms with Gasteiger partial charge in [-0.25, -0.2) is 0 Å². The van der Waals surface area contributed by atoms with Crippen LogP contribution in [0.2, 0.25) is 0 Å². The number of ketones is 1. The molecule has 0 atom stereocenters. The van der Waals surface area contributed by atoms with Crippen molar-refractivity contribution >= 4 is 11.9 Å².